The summed E-state index contributed by atoms with van der Waals surface area (Å²) in [5, 5.41) is 7.12. The fraction of sp³-hybridized carbons (Fsp3) is 0.231. The number of hydrogen-bond donors (Lipinski definition) is 3. The first-order valence-electron chi connectivity index (χ1n) is 6.35. The summed E-state index contributed by atoms with van der Waals surface area (Å²) in [5.74, 6) is -3.36. The molecule has 24 heavy (non-hydrogen) atoms. The van der Waals surface area contributed by atoms with E-state index in [0.717, 1.165) is 18.1 Å². The number of benzene rings is 1. The summed E-state index contributed by atoms with van der Waals surface area (Å²) in [6.45, 7) is 0.542. The van der Waals surface area contributed by atoms with Crippen LogP contribution in [0.5, 0.6) is 0 Å². The molecule has 0 aliphatic carbocycles. The maximum absolute atomic E-state index is 11.6. The third kappa shape index (κ3) is 5.35. The summed E-state index contributed by atoms with van der Waals surface area (Å²) >= 11 is 0. The van der Waals surface area contributed by atoms with Crippen LogP contribution in [0.4, 0.5) is 13.2 Å². The van der Waals surface area contributed by atoms with Crippen molar-refractivity contribution in [2.24, 2.45) is 5.73 Å². The Morgan fingerprint density at radius 3 is 2.04 bits per heavy atom. The van der Waals surface area contributed by atoms with Crippen LogP contribution < -0.4 is 10.5 Å². The highest BCUT2D eigenvalue weighted by Crippen LogP contribution is 2.24. The molecule has 132 valence electrons. The lowest BCUT2D eigenvalue weighted by Gasteiger charge is -2.04. The Balaban J connectivity index is 0.000000351. The van der Waals surface area contributed by atoms with Crippen LogP contribution in [0.1, 0.15) is 11.1 Å². The average molecular weight is 366 g/mol. The topological polar surface area (TPSA) is 127 Å². The van der Waals surface area contributed by atoms with Crippen molar-refractivity contribution >= 4 is 26.8 Å². The summed E-state index contributed by atoms with van der Waals surface area (Å²) in [7, 11) is -3.68. The largest absolute Gasteiger partial charge is 0.490 e. The van der Waals surface area contributed by atoms with Gasteiger partial charge in [-0.25, -0.2) is 17.9 Å². The molecular formula is C13H13F3N2O5S. The number of carboxylic acid groups (broad SMARTS) is 1. The summed E-state index contributed by atoms with van der Waals surface area (Å²) in [6.07, 6.45) is -3.25. The molecule has 0 bridgehead atoms. The molecule has 0 spiro atoms. The van der Waals surface area contributed by atoms with Crippen LogP contribution in [-0.2, 0) is 26.0 Å². The molecule has 7 nitrogen and oxygen atoms in total. The summed E-state index contributed by atoms with van der Waals surface area (Å²) in [5.41, 5.74) is 6.96. The van der Waals surface area contributed by atoms with Crippen molar-refractivity contribution in [2.45, 2.75) is 12.6 Å². The quantitative estimate of drug-likeness (QED) is 0.720. The number of nitrogens with two attached hydrogens (primary N) is 1. The van der Waals surface area contributed by atoms with Gasteiger partial charge in [0.05, 0.1) is 0 Å². The Morgan fingerprint density at radius 2 is 1.71 bits per heavy atom. The number of nitrogens with one attached hydrogen (secondary N) is 1. The Bertz CT molecular complexity index is 755. The van der Waals surface area contributed by atoms with Gasteiger partial charge >= 0.3 is 12.1 Å². The summed E-state index contributed by atoms with van der Waals surface area (Å²) in [6, 6.07) is 6.96. The molecule has 1 heterocycles. The van der Waals surface area contributed by atoms with Gasteiger partial charge in [-0.1, -0.05) is 24.3 Å². The van der Waals surface area contributed by atoms with Gasteiger partial charge in [0.2, 0.25) is 0 Å². The number of halogens is 3. The van der Waals surface area contributed by atoms with Crippen molar-refractivity contribution in [1.29, 1.82) is 0 Å². The minimum Gasteiger partial charge on any atom is -0.475 e. The lowest BCUT2D eigenvalue weighted by molar-refractivity contribution is -0.192. The van der Waals surface area contributed by atoms with E-state index in [4.69, 9.17) is 15.6 Å². The van der Waals surface area contributed by atoms with Crippen molar-refractivity contribution in [1.82, 2.24) is 4.72 Å². The zero-order chi connectivity index (χ0) is 18.5. The fourth-order valence-corrected chi connectivity index (χ4v) is 2.80. The number of carbonyl (C=O) groups is 2. The molecule has 0 saturated heterocycles. The summed E-state index contributed by atoms with van der Waals surface area (Å²) in [4.78, 5) is 19.9. The van der Waals surface area contributed by atoms with Crippen LogP contribution in [0, 0.1) is 0 Å². The molecule has 1 aliphatic heterocycles. The van der Waals surface area contributed by atoms with Gasteiger partial charge in [-0.2, -0.15) is 13.2 Å². The van der Waals surface area contributed by atoms with E-state index in [1.165, 1.54) is 0 Å². The van der Waals surface area contributed by atoms with E-state index in [-0.39, 0.29) is 4.91 Å². The molecule has 1 aromatic rings. The third-order valence-electron chi connectivity index (χ3n) is 2.70. The highest BCUT2D eigenvalue weighted by Gasteiger charge is 2.38. The maximum atomic E-state index is 11.6. The minimum absolute atomic E-state index is 0.0156. The van der Waals surface area contributed by atoms with Crippen molar-refractivity contribution < 1.29 is 36.3 Å². The van der Waals surface area contributed by atoms with E-state index in [2.05, 4.69) is 0 Å². The second-order valence-corrected chi connectivity index (χ2v) is 6.17. The van der Waals surface area contributed by atoms with E-state index in [1.807, 2.05) is 4.72 Å². The Labute approximate surface area is 135 Å². The van der Waals surface area contributed by atoms with E-state index >= 15 is 0 Å². The number of alkyl halides is 3. The standard InChI is InChI=1S/C11H12N2O3S.C2HF3O2/c12-6-5-8-1-3-9(4-2-8)10-7-11(14)13-17(10,15)16;3-2(4,5)1(6)7/h1-4,7H,5-6,12H2,(H,13,14);(H,6,7). The normalized spacial score (nSPS) is 15.8. The van der Waals surface area contributed by atoms with E-state index < -0.39 is 28.1 Å². The Hall–Kier alpha value is -2.40. The van der Waals surface area contributed by atoms with Gasteiger partial charge in [0.1, 0.15) is 4.91 Å². The number of hydrogen-bond acceptors (Lipinski definition) is 5. The predicted molar refractivity (Wildman–Crippen MR) is 77.9 cm³/mol. The predicted octanol–water partition coefficient (Wildman–Crippen LogP) is 0.622. The van der Waals surface area contributed by atoms with Gasteiger partial charge in [0, 0.05) is 6.08 Å². The second-order valence-electron chi connectivity index (χ2n) is 4.52. The Morgan fingerprint density at radius 1 is 1.21 bits per heavy atom. The number of aliphatic carboxylic acids is 1. The van der Waals surface area contributed by atoms with Crippen molar-refractivity contribution in [3.63, 3.8) is 0 Å². The molecule has 0 aromatic heterocycles. The zero-order valence-electron chi connectivity index (χ0n) is 12.0. The van der Waals surface area contributed by atoms with Crippen molar-refractivity contribution in [3.05, 3.63) is 41.5 Å². The summed E-state index contributed by atoms with van der Waals surface area (Å²) < 4.78 is 56.8. The van der Waals surface area contributed by atoms with Crippen LogP contribution in [0.25, 0.3) is 4.91 Å². The lowest BCUT2D eigenvalue weighted by Crippen LogP contribution is -2.22. The molecule has 11 heteroatoms. The highest BCUT2D eigenvalue weighted by atomic mass is 32.2. The van der Waals surface area contributed by atoms with Gasteiger partial charge in [-0.05, 0) is 24.1 Å². The molecule has 2 rings (SSSR count). The van der Waals surface area contributed by atoms with Crippen LogP contribution in [0.3, 0.4) is 0 Å². The van der Waals surface area contributed by atoms with Crippen LogP contribution in [-0.4, -0.2) is 38.1 Å². The zero-order valence-corrected chi connectivity index (χ0v) is 12.8. The van der Waals surface area contributed by atoms with Crippen LogP contribution in [0.15, 0.2) is 30.3 Å². The van der Waals surface area contributed by atoms with Gasteiger partial charge in [0.25, 0.3) is 15.9 Å². The molecule has 0 unspecified atom stereocenters. The first-order chi connectivity index (χ1) is 11.0. The molecule has 0 saturated carbocycles. The average Bonchev–Trinajstić information content (AvgIpc) is 2.72. The molecule has 1 aliphatic rings. The van der Waals surface area contributed by atoms with Crippen molar-refractivity contribution in [3.8, 4) is 0 Å². The number of sulfonamides is 1. The first-order valence-corrected chi connectivity index (χ1v) is 7.83. The van der Waals surface area contributed by atoms with Gasteiger partial charge < -0.3 is 10.8 Å². The number of rotatable bonds is 3. The van der Waals surface area contributed by atoms with Crippen LogP contribution in [0.2, 0.25) is 0 Å². The molecule has 0 fully saturated rings. The second kappa shape index (κ2) is 7.45. The molecule has 1 amide bonds. The SMILES string of the molecule is NCCc1ccc(C2=CC(=O)NS2(=O)=O)cc1.O=C(O)C(F)(F)F. The maximum Gasteiger partial charge on any atom is 0.490 e. The molecular weight excluding hydrogens is 353 g/mol. The molecule has 0 atom stereocenters. The number of carbonyl (C=O) groups excluding carboxylic acids is 1. The lowest BCUT2D eigenvalue weighted by atomic mass is 10.1. The van der Waals surface area contributed by atoms with E-state index in [1.54, 1.807) is 24.3 Å². The minimum atomic E-state index is -5.08. The molecule has 0 radical (unpaired) electrons. The van der Waals surface area contributed by atoms with Gasteiger partial charge in [-0.3, -0.25) is 4.79 Å². The van der Waals surface area contributed by atoms with Crippen molar-refractivity contribution in [2.75, 3.05) is 6.54 Å². The molecule has 1 aromatic carbocycles. The van der Waals surface area contributed by atoms with E-state index in [9.17, 15) is 26.4 Å². The highest BCUT2D eigenvalue weighted by molar-refractivity contribution is 7.99. The molecule has 4 N–H and O–H groups in total. The monoisotopic (exact) mass is 366 g/mol. The van der Waals surface area contributed by atoms with Gasteiger partial charge in [0.15, 0.2) is 0 Å². The number of carboxylic acids is 1. The third-order valence-corrected chi connectivity index (χ3v) is 4.10. The van der Waals surface area contributed by atoms with Gasteiger partial charge in [-0.15, -0.1) is 0 Å². The van der Waals surface area contributed by atoms with Crippen LogP contribution >= 0.6 is 0 Å². The van der Waals surface area contributed by atoms with E-state index in [0.29, 0.717) is 12.1 Å². The number of amides is 1. The first kappa shape index (κ1) is 19.6. The fourth-order valence-electron chi connectivity index (χ4n) is 1.65. The Kier molecular flexibility index (Phi) is 6.10. The smallest absolute Gasteiger partial charge is 0.475 e.